The van der Waals surface area contributed by atoms with Crippen LogP contribution in [0, 0.1) is 6.92 Å². The van der Waals surface area contributed by atoms with Crippen molar-refractivity contribution in [3.63, 3.8) is 0 Å². The molecule has 1 aliphatic rings. The fraction of sp³-hybridized carbons (Fsp3) is 0.276. The number of ether oxygens (including phenoxy) is 1. The maximum atomic E-state index is 13.2. The lowest BCUT2D eigenvalue weighted by Gasteiger charge is -2.26. The Bertz CT molecular complexity index is 1260. The fourth-order valence-electron chi connectivity index (χ4n) is 4.44. The quantitative estimate of drug-likeness (QED) is 0.276. The number of aliphatic hydroxyl groups excluding tert-OH is 1. The summed E-state index contributed by atoms with van der Waals surface area (Å²) in [6.07, 6.45) is 3.95. The van der Waals surface area contributed by atoms with Gasteiger partial charge in [-0.1, -0.05) is 30.3 Å². The first-order chi connectivity index (χ1) is 17.4. The molecule has 0 bridgehead atoms. The molecule has 3 aromatic rings. The summed E-state index contributed by atoms with van der Waals surface area (Å²) in [7, 11) is 3.93. The summed E-state index contributed by atoms with van der Waals surface area (Å²) >= 11 is 0. The first-order valence-corrected chi connectivity index (χ1v) is 12.0. The first-order valence-electron chi connectivity index (χ1n) is 12.0. The highest BCUT2D eigenvalue weighted by Gasteiger charge is 2.45. The molecule has 7 heteroatoms. The van der Waals surface area contributed by atoms with Crippen LogP contribution in [-0.4, -0.2) is 58.8 Å². The van der Waals surface area contributed by atoms with Gasteiger partial charge in [-0.3, -0.25) is 14.6 Å². The number of nitrogens with zero attached hydrogens (tertiary/aromatic N) is 3. The van der Waals surface area contributed by atoms with E-state index < -0.39 is 17.7 Å². The third kappa shape index (κ3) is 5.47. The van der Waals surface area contributed by atoms with Crippen LogP contribution in [0.3, 0.4) is 0 Å². The van der Waals surface area contributed by atoms with E-state index in [4.69, 9.17) is 4.74 Å². The Morgan fingerprint density at radius 2 is 1.78 bits per heavy atom. The van der Waals surface area contributed by atoms with Crippen LogP contribution >= 0.6 is 0 Å². The third-order valence-corrected chi connectivity index (χ3v) is 6.27. The van der Waals surface area contributed by atoms with E-state index >= 15 is 0 Å². The average Bonchev–Trinajstić information content (AvgIpc) is 3.13. The standard InChI is InChI=1S/C29H31N3O4/c1-20-18-23(36-19-21-8-5-4-6-9-21)10-11-24(20)27(33)25-26(22-12-14-30-15-13-22)32(29(35)28(25)34)17-7-16-31(2)3/h4-6,8-15,18,26,33H,7,16-17,19H2,1-3H3/t26-/m1/s1. The summed E-state index contributed by atoms with van der Waals surface area (Å²) in [5, 5.41) is 11.4. The van der Waals surface area contributed by atoms with Crippen LogP contribution in [0.2, 0.25) is 0 Å². The average molecular weight is 486 g/mol. The third-order valence-electron chi connectivity index (χ3n) is 6.27. The number of carbonyl (C=O) groups is 2. The number of aliphatic hydroxyl groups is 1. The van der Waals surface area contributed by atoms with Crippen molar-refractivity contribution in [2.75, 3.05) is 27.2 Å². The van der Waals surface area contributed by atoms with Crippen molar-refractivity contribution in [3.05, 3.63) is 101 Å². The molecule has 0 unspecified atom stereocenters. The highest BCUT2D eigenvalue weighted by Crippen LogP contribution is 2.40. The molecule has 36 heavy (non-hydrogen) atoms. The van der Waals surface area contributed by atoms with Gasteiger partial charge in [0.05, 0.1) is 11.6 Å². The normalized spacial score (nSPS) is 17.1. The number of amides is 1. The summed E-state index contributed by atoms with van der Waals surface area (Å²) in [6.45, 7) is 3.44. The SMILES string of the molecule is Cc1cc(OCc2ccccc2)ccc1C(O)=C1C(=O)C(=O)N(CCCN(C)C)[C@@H]1c1ccncc1. The minimum atomic E-state index is -0.678. The van der Waals surface area contributed by atoms with E-state index in [1.54, 1.807) is 41.6 Å². The molecule has 1 amide bonds. The highest BCUT2D eigenvalue weighted by molar-refractivity contribution is 6.46. The topological polar surface area (TPSA) is 83.0 Å². The van der Waals surface area contributed by atoms with Crippen molar-refractivity contribution >= 4 is 17.4 Å². The maximum Gasteiger partial charge on any atom is 0.295 e. The van der Waals surface area contributed by atoms with Crippen LogP contribution in [0.15, 0.2) is 78.6 Å². The zero-order valence-corrected chi connectivity index (χ0v) is 20.8. The molecule has 2 heterocycles. The second-order valence-electron chi connectivity index (χ2n) is 9.18. The number of rotatable bonds is 9. The number of aromatic nitrogens is 1. The summed E-state index contributed by atoms with van der Waals surface area (Å²) in [5.41, 5.74) is 3.11. The number of hydrogen-bond donors (Lipinski definition) is 1. The smallest absolute Gasteiger partial charge is 0.295 e. The molecule has 186 valence electrons. The maximum absolute atomic E-state index is 13.2. The van der Waals surface area contributed by atoms with Gasteiger partial charge in [0.25, 0.3) is 11.7 Å². The molecule has 0 saturated carbocycles. The van der Waals surface area contributed by atoms with Crippen molar-refractivity contribution in [2.24, 2.45) is 0 Å². The summed E-state index contributed by atoms with van der Waals surface area (Å²) in [4.78, 5) is 33.9. The number of ketones is 1. The Hall–Kier alpha value is -3.97. The van der Waals surface area contributed by atoms with Gasteiger partial charge in [-0.15, -0.1) is 0 Å². The van der Waals surface area contributed by atoms with Crippen LogP contribution in [0.1, 0.15) is 34.7 Å². The molecule has 0 aliphatic carbocycles. The van der Waals surface area contributed by atoms with Crippen LogP contribution < -0.4 is 4.74 Å². The van der Waals surface area contributed by atoms with Gasteiger partial charge in [0, 0.05) is 24.5 Å². The Labute approximate surface area is 211 Å². The van der Waals surface area contributed by atoms with E-state index in [0.717, 1.165) is 23.2 Å². The lowest BCUT2D eigenvalue weighted by atomic mass is 9.94. The van der Waals surface area contributed by atoms with Crippen LogP contribution in [0.4, 0.5) is 0 Å². The number of hydrogen-bond acceptors (Lipinski definition) is 6. The molecule has 7 nitrogen and oxygen atoms in total. The van der Waals surface area contributed by atoms with E-state index in [2.05, 4.69) is 4.98 Å². The lowest BCUT2D eigenvalue weighted by Crippen LogP contribution is -2.32. The Morgan fingerprint density at radius 1 is 1.06 bits per heavy atom. The van der Waals surface area contributed by atoms with Gasteiger partial charge in [-0.2, -0.15) is 0 Å². The van der Waals surface area contributed by atoms with Crippen molar-refractivity contribution in [3.8, 4) is 5.75 Å². The van der Waals surface area contributed by atoms with E-state index in [9.17, 15) is 14.7 Å². The van der Waals surface area contributed by atoms with Crippen LogP contribution in [0.25, 0.3) is 5.76 Å². The summed E-state index contributed by atoms with van der Waals surface area (Å²) < 4.78 is 5.90. The minimum Gasteiger partial charge on any atom is -0.507 e. The highest BCUT2D eigenvalue weighted by atomic mass is 16.5. The monoisotopic (exact) mass is 485 g/mol. The van der Waals surface area contributed by atoms with Crippen LogP contribution in [0.5, 0.6) is 5.75 Å². The van der Waals surface area contributed by atoms with E-state index in [1.165, 1.54) is 0 Å². The van der Waals surface area contributed by atoms with Crippen molar-refractivity contribution in [1.82, 2.24) is 14.8 Å². The molecule has 0 spiro atoms. The number of aryl methyl sites for hydroxylation is 1. The van der Waals surface area contributed by atoms with Crippen molar-refractivity contribution in [2.45, 2.75) is 26.0 Å². The first kappa shape index (κ1) is 25.1. The fourth-order valence-corrected chi connectivity index (χ4v) is 4.44. The number of benzene rings is 2. The largest absolute Gasteiger partial charge is 0.507 e. The number of likely N-dealkylation sites (tertiary alicyclic amines) is 1. The molecule has 1 saturated heterocycles. The van der Waals surface area contributed by atoms with Gasteiger partial charge in [0.2, 0.25) is 0 Å². The van der Waals surface area contributed by atoms with Crippen molar-refractivity contribution < 1.29 is 19.4 Å². The van der Waals surface area contributed by atoms with Gasteiger partial charge < -0.3 is 19.6 Å². The Morgan fingerprint density at radius 3 is 2.44 bits per heavy atom. The zero-order chi connectivity index (χ0) is 25.7. The molecule has 1 aliphatic heterocycles. The molecule has 1 aromatic heterocycles. The van der Waals surface area contributed by atoms with Gasteiger partial charge >= 0.3 is 0 Å². The molecular formula is C29H31N3O4. The van der Waals surface area contributed by atoms with Gasteiger partial charge in [-0.05, 0) is 81.0 Å². The van der Waals surface area contributed by atoms with Gasteiger partial charge in [0.1, 0.15) is 18.1 Å². The molecule has 4 rings (SSSR count). The molecule has 0 radical (unpaired) electrons. The second kappa shape index (κ2) is 11.2. The van der Waals surface area contributed by atoms with Crippen molar-refractivity contribution in [1.29, 1.82) is 0 Å². The lowest BCUT2D eigenvalue weighted by molar-refractivity contribution is -0.139. The van der Waals surface area contributed by atoms with E-state index in [1.807, 2.05) is 62.3 Å². The molecule has 1 fully saturated rings. The summed E-state index contributed by atoms with van der Waals surface area (Å²) in [5.74, 6) is -0.805. The Balaban J connectivity index is 1.66. The molecule has 2 aromatic carbocycles. The van der Waals surface area contributed by atoms with E-state index in [0.29, 0.717) is 30.9 Å². The second-order valence-corrected chi connectivity index (χ2v) is 9.18. The molecular weight excluding hydrogens is 454 g/mol. The minimum absolute atomic E-state index is 0.0945. The number of pyridine rings is 1. The predicted molar refractivity (Wildman–Crippen MR) is 138 cm³/mol. The van der Waals surface area contributed by atoms with Crippen LogP contribution in [-0.2, 0) is 16.2 Å². The molecule has 1 atom stereocenters. The van der Waals surface area contributed by atoms with E-state index in [-0.39, 0.29) is 11.3 Å². The molecule has 1 N–H and O–H groups in total. The predicted octanol–water partition coefficient (Wildman–Crippen LogP) is 4.34. The number of carbonyl (C=O) groups excluding carboxylic acids is 2. The number of Topliss-reactive ketones (excluding diaryl/α,β-unsaturated/α-hetero) is 1. The summed E-state index contributed by atoms with van der Waals surface area (Å²) in [6, 6.07) is 18.0. The van der Waals surface area contributed by atoms with Gasteiger partial charge in [0.15, 0.2) is 0 Å². The van der Waals surface area contributed by atoms with Gasteiger partial charge in [-0.25, -0.2) is 0 Å². The Kier molecular flexibility index (Phi) is 7.80. The zero-order valence-electron chi connectivity index (χ0n) is 20.8.